The molecule has 0 atom stereocenters. The van der Waals surface area contributed by atoms with Crippen molar-refractivity contribution in [3.8, 4) is 23.0 Å². The van der Waals surface area contributed by atoms with E-state index in [0.29, 0.717) is 0 Å². The van der Waals surface area contributed by atoms with Gasteiger partial charge in [-0.1, -0.05) is 19.4 Å². The van der Waals surface area contributed by atoms with Crippen LogP contribution in [0, 0.1) is 3.57 Å². The summed E-state index contributed by atoms with van der Waals surface area (Å²) in [6.45, 7) is 2.44. The molecule has 0 amide bonds. The molecule has 1 aliphatic heterocycles. The molecule has 6 heteroatoms. The summed E-state index contributed by atoms with van der Waals surface area (Å²) in [7, 11) is 3.32. The Balaban J connectivity index is 1.87. The first kappa shape index (κ1) is 19.8. The summed E-state index contributed by atoms with van der Waals surface area (Å²) in [4.78, 5) is 4.51. The molecule has 150 valence electrons. The number of benzene rings is 2. The van der Waals surface area contributed by atoms with E-state index in [1.165, 1.54) is 5.57 Å². The Hall–Kier alpha value is -2.48. The first-order chi connectivity index (χ1) is 14.1. The van der Waals surface area contributed by atoms with Gasteiger partial charge in [0.1, 0.15) is 0 Å². The van der Waals surface area contributed by atoms with Crippen molar-refractivity contribution in [2.75, 3.05) is 21.0 Å². The van der Waals surface area contributed by atoms with E-state index in [4.69, 9.17) is 18.9 Å². The molecule has 3 aromatic rings. The summed E-state index contributed by atoms with van der Waals surface area (Å²) in [5.41, 5.74) is 4.38. The number of rotatable bonds is 6. The van der Waals surface area contributed by atoms with Crippen LogP contribution in [-0.4, -0.2) is 26.0 Å². The number of aromatic nitrogens is 1. The summed E-state index contributed by atoms with van der Waals surface area (Å²) in [5.74, 6) is 2.97. The smallest absolute Gasteiger partial charge is 0.231 e. The highest BCUT2D eigenvalue weighted by molar-refractivity contribution is 14.1. The average molecular weight is 503 g/mol. The molecule has 1 aliphatic rings. The van der Waals surface area contributed by atoms with Crippen LogP contribution in [0.15, 0.2) is 36.5 Å². The Bertz CT molecular complexity index is 1090. The molecule has 29 heavy (non-hydrogen) atoms. The van der Waals surface area contributed by atoms with Gasteiger partial charge in [0.2, 0.25) is 6.79 Å². The molecule has 2 heterocycles. The largest absolute Gasteiger partial charge is 0.493 e. The van der Waals surface area contributed by atoms with Crippen LogP contribution in [0.5, 0.6) is 23.0 Å². The molecule has 0 N–H and O–H groups in total. The predicted molar refractivity (Wildman–Crippen MR) is 123 cm³/mol. The second-order valence-corrected chi connectivity index (χ2v) is 7.89. The topological polar surface area (TPSA) is 49.8 Å². The van der Waals surface area contributed by atoms with Crippen molar-refractivity contribution in [2.24, 2.45) is 0 Å². The molecule has 0 saturated carbocycles. The lowest BCUT2D eigenvalue weighted by molar-refractivity contribution is 0.174. The summed E-state index contributed by atoms with van der Waals surface area (Å²) in [5, 5.41) is 1.04. The number of hydrogen-bond donors (Lipinski definition) is 0. The van der Waals surface area contributed by atoms with Gasteiger partial charge in [0.25, 0.3) is 0 Å². The Morgan fingerprint density at radius 1 is 1.10 bits per heavy atom. The van der Waals surface area contributed by atoms with Gasteiger partial charge in [-0.2, -0.15) is 0 Å². The summed E-state index contributed by atoms with van der Waals surface area (Å²) in [6.07, 6.45) is 6.05. The standard InChI is InChI=1S/C23H22INO4/c1-4-5-14(16-9-20(26-2)21(27-3)11-18(16)24)8-15-6-7-25-19-12-23-22(10-17(15)19)28-13-29-23/h6-12H,4-5,13H2,1-3H3/b14-8-. The third-order valence-corrected chi connectivity index (χ3v) is 5.83. The van der Waals surface area contributed by atoms with Gasteiger partial charge in [-0.25, -0.2) is 0 Å². The van der Waals surface area contributed by atoms with Gasteiger partial charge in [-0.05, 0) is 70.0 Å². The van der Waals surface area contributed by atoms with Crippen molar-refractivity contribution in [3.05, 3.63) is 51.2 Å². The Morgan fingerprint density at radius 3 is 2.55 bits per heavy atom. The molecule has 2 aromatic carbocycles. The fourth-order valence-corrected chi connectivity index (χ4v) is 4.31. The van der Waals surface area contributed by atoms with E-state index in [-0.39, 0.29) is 6.79 Å². The minimum absolute atomic E-state index is 0.252. The Kier molecular flexibility index (Phi) is 5.80. The van der Waals surface area contributed by atoms with Gasteiger partial charge < -0.3 is 18.9 Å². The Labute approximate surface area is 183 Å². The van der Waals surface area contributed by atoms with Crippen molar-refractivity contribution in [3.63, 3.8) is 0 Å². The van der Waals surface area contributed by atoms with Crippen LogP contribution in [0.1, 0.15) is 30.9 Å². The number of methoxy groups -OCH3 is 2. The molecule has 0 saturated heterocycles. The zero-order chi connectivity index (χ0) is 20.4. The average Bonchev–Trinajstić information content (AvgIpc) is 3.19. The third-order valence-electron chi connectivity index (χ3n) is 4.94. The molecular formula is C23H22INO4. The van der Waals surface area contributed by atoms with E-state index in [1.54, 1.807) is 14.2 Å². The maximum Gasteiger partial charge on any atom is 0.231 e. The van der Waals surface area contributed by atoms with Crippen LogP contribution in [0.3, 0.4) is 0 Å². The number of nitrogens with zero attached hydrogens (tertiary/aromatic N) is 1. The van der Waals surface area contributed by atoms with Gasteiger partial charge in [-0.15, -0.1) is 0 Å². The Morgan fingerprint density at radius 2 is 1.83 bits per heavy atom. The second-order valence-electron chi connectivity index (χ2n) is 6.73. The van der Waals surface area contributed by atoms with Crippen molar-refractivity contribution >= 4 is 45.1 Å². The summed E-state index contributed by atoms with van der Waals surface area (Å²) >= 11 is 2.36. The molecule has 0 bridgehead atoms. The van der Waals surface area contributed by atoms with E-state index < -0.39 is 0 Å². The lowest BCUT2D eigenvalue weighted by Gasteiger charge is -2.15. The van der Waals surface area contributed by atoms with Crippen LogP contribution >= 0.6 is 22.6 Å². The maximum atomic E-state index is 5.57. The normalized spacial score (nSPS) is 13.0. The van der Waals surface area contributed by atoms with Crippen molar-refractivity contribution in [1.29, 1.82) is 0 Å². The molecular weight excluding hydrogens is 481 g/mol. The molecule has 0 unspecified atom stereocenters. The number of fused-ring (bicyclic) bond motifs is 2. The van der Waals surface area contributed by atoms with Gasteiger partial charge >= 0.3 is 0 Å². The second kappa shape index (κ2) is 8.49. The minimum atomic E-state index is 0.252. The van der Waals surface area contributed by atoms with Gasteiger partial charge in [0.15, 0.2) is 23.0 Å². The number of allylic oxidation sites excluding steroid dienone is 1. The quantitative estimate of drug-likeness (QED) is 0.391. The monoisotopic (exact) mass is 503 g/mol. The predicted octanol–water partition coefficient (Wildman–Crippen LogP) is 5.93. The van der Waals surface area contributed by atoms with Crippen molar-refractivity contribution < 1.29 is 18.9 Å². The van der Waals surface area contributed by atoms with Crippen molar-refractivity contribution in [1.82, 2.24) is 4.98 Å². The van der Waals surface area contributed by atoms with E-state index in [0.717, 1.165) is 61.4 Å². The zero-order valence-electron chi connectivity index (χ0n) is 16.6. The molecule has 1 aromatic heterocycles. The SMILES string of the molecule is CCC/C(=C/c1ccnc2cc3c(cc12)OCO3)c1cc(OC)c(OC)cc1I. The lowest BCUT2D eigenvalue weighted by Crippen LogP contribution is -1.96. The third kappa shape index (κ3) is 3.85. The highest BCUT2D eigenvalue weighted by Gasteiger charge is 2.17. The fraction of sp³-hybridized carbons (Fsp3) is 0.261. The maximum absolute atomic E-state index is 5.57. The fourth-order valence-electron chi connectivity index (χ4n) is 3.52. The molecule has 5 nitrogen and oxygen atoms in total. The molecule has 0 radical (unpaired) electrons. The first-order valence-corrected chi connectivity index (χ1v) is 10.5. The van der Waals surface area contributed by atoms with Gasteiger partial charge in [0.05, 0.1) is 19.7 Å². The van der Waals surface area contributed by atoms with E-state index >= 15 is 0 Å². The van der Waals surface area contributed by atoms with Crippen LogP contribution in [-0.2, 0) is 0 Å². The first-order valence-electron chi connectivity index (χ1n) is 9.45. The van der Waals surface area contributed by atoms with Crippen LogP contribution in [0.4, 0.5) is 0 Å². The highest BCUT2D eigenvalue weighted by Crippen LogP contribution is 2.39. The zero-order valence-corrected chi connectivity index (χ0v) is 18.8. The number of hydrogen-bond acceptors (Lipinski definition) is 5. The molecule has 0 fully saturated rings. The molecule has 0 spiro atoms. The van der Waals surface area contributed by atoms with Crippen molar-refractivity contribution in [2.45, 2.75) is 19.8 Å². The van der Waals surface area contributed by atoms with Crippen LogP contribution in [0.25, 0.3) is 22.6 Å². The molecule has 4 rings (SSSR count). The lowest BCUT2D eigenvalue weighted by atomic mass is 9.97. The van der Waals surface area contributed by atoms with Gasteiger partial charge in [0, 0.05) is 21.2 Å². The highest BCUT2D eigenvalue weighted by atomic mass is 127. The number of halogens is 1. The van der Waals surface area contributed by atoms with Gasteiger partial charge in [-0.3, -0.25) is 4.98 Å². The number of pyridine rings is 1. The van der Waals surface area contributed by atoms with E-state index in [2.05, 4.69) is 46.6 Å². The minimum Gasteiger partial charge on any atom is -0.493 e. The van der Waals surface area contributed by atoms with E-state index in [1.807, 2.05) is 30.5 Å². The van der Waals surface area contributed by atoms with Crippen LogP contribution in [0.2, 0.25) is 0 Å². The summed E-state index contributed by atoms with van der Waals surface area (Å²) in [6, 6.07) is 10.1. The number of ether oxygens (including phenoxy) is 4. The van der Waals surface area contributed by atoms with Crippen LogP contribution < -0.4 is 18.9 Å². The summed E-state index contributed by atoms with van der Waals surface area (Å²) < 4.78 is 23.2. The molecule has 0 aliphatic carbocycles. The van der Waals surface area contributed by atoms with E-state index in [9.17, 15) is 0 Å².